The number of aliphatic hydroxyl groups is 1. The first-order chi connectivity index (χ1) is 8.34. The van der Waals surface area contributed by atoms with E-state index in [1.807, 2.05) is 0 Å². The summed E-state index contributed by atoms with van der Waals surface area (Å²) in [5, 5.41) is 13.2. The highest BCUT2D eigenvalue weighted by molar-refractivity contribution is 5.82. The Bertz CT molecular complexity index is 511. The van der Waals surface area contributed by atoms with E-state index in [-0.39, 0.29) is 12.1 Å². The van der Waals surface area contributed by atoms with Gasteiger partial charge in [0.2, 0.25) is 0 Å². The van der Waals surface area contributed by atoms with Crippen molar-refractivity contribution >= 4 is 17.0 Å². The zero-order valence-corrected chi connectivity index (χ0v) is 9.43. The fourth-order valence-electron chi connectivity index (χ4n) is 2.33. The van der Waals surface area contributed by atoms with Crippen LogP contribution in [-0.2, 0) is 0 Å². The first-order valence-electron chi connectivity index (χ1n) is 5.93. The second kappa shape index (κ2) is 4.29. The van der Waals surface area contributed by atoms with Gasteiger partial charge in [0.15, 0.2) is 11.5 Å². The van der Waals surface area contributed by atoms with Gasteiger partial charge in [0.1, 0.15) is 11.8 Å². The number of H-pyrrole nitrogens is 1. The highest BCUT2D eigenvalue weighted by atomic mass is 16.3. The number of aromatic nitrogens is 4. The molecule has 2 heterocycles. The molecule has 0 bridgehead atoms. The molecule has 90 valence electrons. The standard InChI is InChI=1S/C11H15N5O/c17-8-4-2-1-3-7(8)16-11-9-10(13-5-12-9)14-6-15-11/h5-8,17H,1-4H2,(H2,12,13,14,15,16)/t7-,8-/m0/s1. The number of anilines is 1. The van der Waals surface area contributed by atoms with E-state index >= 15 is 0 Å². The molecule has 1 aliphatic rings. The van der Waals surface area contributed by atoms with Gasteiger partial charge in [-0.05, 0) is 12.8 Å². The summed E-state index contributed by atoms with van der Waals surface area (Å²) in [6, 6.07) is 0.0742. The lowest BCUT2D eigenvalue weighted by atomic mass is 9.92. The molecule has 6 nitrogen and oxygen atoms in total. The lowest BCUT2D eigenvalue weighted by Crippen LogP contribution is -2.36. The average Bonchev–Trinajstić information content (AvgIpc) is 2.81. The van der Waals surface area contributed by atoms with Gasteiger partial charge in [0.05, 0.1) is 18.5 Å². The molecule has 17 heavy (non-hydrogen) atoms. The molecular formula is C11H15N5O. The van der Waals surface area contributed by atoms with E-state index in [1.54, 1.807) is 6.33 Å². The first kappa shape index (κ1) is 10.5. The van der Waals surface area contributed by atoms with Crippen molar-refractivity contribution in [2.75, 3.05) is 5.32 Å². The predicted molar refractivity (Wildman–Crippen MR) is 63.6 cm³/mol. The number of hydrogen-bond acceptors (Lipinski definition) is 5. The van der Waals surface area contributed by atoms with Crippen molar-refractivity contribution < 1.29 is 5.11 Å². The Balaban J connectivity index is 1.86. The Hall–Kier alpha value is -1.69. The Morgan fingerprint density at radius 3 is 3.00 bits per heavy atom. The Morgan fingerprint density at radius 2 is 2.12 bits per heavy atom. The number of imidazole rings is 1. The quantitative estimate of drug-likeness (QED) is 0.722. The lowest BCUT2D eigenvalue weighted by molar-refractivity contribution is 0.116. The van der Waals surface area contributed by atoms with Gasteiger partial charge in [-0.15, -0.1) is 0 Å². The molecule has 3 rings (SSSR count). The van der Waals surface area contributed by atoms with Crippen LogP contribution >= 0.6 is 0 Å². The topological polar surface area (TPSA) is 86.7 Å². The predicted octanol–water partition coefficient (Wildman–Crippen LogP) is 1.07. The van der Waals surface area contributed by atoms with Gasteiger partial charge >= 0.3 is 0 Å². The van der Waals surface area contributed by atoms with Crippen LogP contribution in [0, 0.1) is 0 Å². The zero-order chi connectivity index (χ0) is 11.7. The van der Waals surface area contributed by atoms with Crippen LogP contribution in [0.25, 0.3) is 11.2 Å². The molecule has 6 heteroatoms. The maximum absolute atomic E-state index is 9.92. The maximum Gasteiger partial charge on any atom is 0.182 e. The molecule has 1 saturated carbocycles. The van der Waals surface area contributed by atoms with Gasteiger partial charge < -0.3 is 15.4 Å². The number of aliphatic hydroxyl groups excluding tert-OH is 1. The number of aromatic amines is 1. The van der Waals surface area contributed by atoms with Crippen LogP contribution in [0.1, 0.15) is 25.7 Å². The summed E-state index contributed by atoms with van der Waals surface area (Å²) in [7, 11) is 0. The van der Waals surface area contributed by atoms with Crippen molar-refractivity contribution in [3.63, 3.8) is 0 Å². The third kappa shape index (κ3) is 1.95. The molecule has 3 N–H and O–H groups in total. The minimum atomic E-state index is -0.295. The smallest absolute Gasteiger partial charge is 0.182 e. The lowest BCUT2D eigenvalue weighted by Gasteiger charge is -2.28. The Morgan fingerprint density at radius 1 is 1.24 bits per heavy atom. The molecule has 0 unspecified atom stereocenters. The van der Waals surface area contributed by atoms with Gasteiger partial charge in [-0.1, -0.05) is 12.8 Å². The summed E-state index contributed by atoms with van der Waals surface area (Å²) in [5.41, 5.74) is 1.44. The molecule has 2 aromatic heterocycles. The summed E-state index contributed by atoms with van der Waals surface area (Å²) in [5.74, 6) is 0.721. The van der Waals surface area contributed by atoms with Gasteiger partial charge in [-0.3, -0.25) is 0 Å². The van der Waals surface area contributed by atoms with Crippen molar-refractivity contribution in [2.45, 2.75) is 37.8 Å². The molecule has 0 radical (unpaired) electrons. The molecule has 1 aliphatic carbocycles. The highest BCUT2D eigenvalue weighted by Crippen LogP contribution is 2.23. The van der Waals surface area contributed by atoms with Gasteiger partial charge in [-0.25, -0.2) is 15.0 Å². The Kier molecular flexibility index (Phi) is 2.64. The molecule has 0 spiro atoms. The SMILES string of the molecule is O[C@H]1CCCC[C@@H]1Nc1ncnc2nc[nH]c12. The fraction of sp³-hybridized carbons (Fsp3) is 0.545. The van der Waals surface area contributed by atoms with Crippen molar-refractivity contribution in [2.24, 2.45) is 0 Å². The summed E-state index contributed by atoms with van der Waals surface area (Å²) >= 11 is 0. The molecule has 2 aromatic rings. The maximum atomic E-state index is 9.92. The molecule has 0 saturated heterocycles. The number of rotatable bonds is 2. The normalized spacial score (nSPS) is 25.0. The van der Waals surface area contributed by atoms with E-state index in [9.17, 15) is 5.11 Å². The number of nitrogens with zero attached hydrogens (tertiary/aromatic N) is 3. The summed E-state index contributed by atoms with van der Waals surface area (Å²) in [4.78, 5) is 15.4. The van der Waals surface area contributed by atoms with Gasteiger partial charge in [0.25, 0.3) is 0 Å². The highest BCUT2D eigenvalue weighted by Gasteiger charge is 2.23. The van der Waals surface area contributed by atoms with E-state index in [0.717, 1.165) is 37.0 Å². The zero-order valence-electron chi connectivity index (χ0n) is 9.43. The molecular weight excluding hydrogens is 218 g/mol. The monoisotopic (exact) mass is 233 g/mol. The number of hydrogen-bond donors (Lipinski definition) is 3. The minimum Gasteiger partial charge on any atom is -0.391 e. The van der Waals surface area contributed by atoms with Crippen LogP contribution in [-0.4, -0.2) is 37.2 Å². The number of nitrogens with one attached hydrogen (secondary N) is 2. The molecule has 2 atom stereocenters. The average molecular weight is 233 g/mol. The van der Waals surface area contributed by atoms with Crippen LogP contribution in [0.5, 0.6) is 0 Å². The first-order valence-corrected chi connectivity index (χ1v) is 5.93. The molecule has 1 fully saturated rings. The van der Waals surface area contributed by atoms with Gasteiger partial charge in [0, 0.05) is 0 Å². The third-order valence-corrected chi connectivity index (χ3v) is 3.27. The second-order valence-corrected chi connectivity index (χ2v) is 4.43. The summed E-state index contributed by atoms with van der Waals surface area (Å²) in [6.45, 7) is 0. The largest absolute Gasteiger partial charge is 0.391 e. The van der Waals surface area contributed by atoms with E-state index in [4.69, 9.17) is 0 Å². The van der Waals surface area contributed by atoms with Crippen molar-refractivity contribution in [3.8, 4) is 0 Å². The fourth-order valence-corrected chi connectivity index (χ4v) is 2.33. The molecule has 0 aliphatic heterocycles. The van der Waals surface area contributed by atoms with Crippen LogP contribution < -0.4 is 5.32 Å². The summed E-state index contributed by atoms with van der Waals surface area (Å²) < 4.78 is 0. The van der Waals surface area contributed by atoms with Crippen LogP contribution in [0.15, 0.2) is 12.7 Å². The number of fused-ring (bicyclic) bond motifs is 1. The van der Waals surface area contributed by atoms with Crippen LogP contribution in [0.4, 0.5) is 5.82 Å². The molecule has 0 amide bonds. The van der Waals surface area contributed by atoms with Crippen molar-refractivity contribution in [3.05, 3.63) is 12.7 Å². The van der Waals surface area contributed by atoms with Crippen molar-refractivity contribution in [1.29, 1.82) is 0 Å². The van der Waals surface area contributed by atoms with E-state index in [0.29, 0.717) is 5.65 Å². The Labute approximate surface area is 98.5 Å². The van der Waals surface area contributed by atoms with E-state index < -0.39 is 0 Å². The minimum absolute atomic E-state index is 0.0742. The van der Waals surface area contributed by atoms with Crippen LogP contribution in [0.3, 0.4) is 0 Å². The van der Waals surface area contributed by atoms with E-state index in [1.165, 1.54) is 6.33 Å². The second-order valence-electron chi connectivity index (χ2n) is 4.43. The summed E-state index contributed by atoms with van der Waals surface area (Å²) in [6.07, 6.45) is 6.86. The van der Waals surface area contributed by atoms with Crippen molar-refractivity contribution in [1.82, 2.24) is 19.9 Å². The van der Waals surface area contributed by atoms with E-state index in [2.05, 4.69) is 25.3 Å². The van der Waals surface area contributed by atoms with Crippen LogP contribution in [0.2, 0.25) is 0 Å². The third-order valence-electron chi connectivity index (χ3n) is 3.27. The van der Waals surface area contributed by atoms with Gasteiger partial charge in [-0.2, -0.15) is 0 Å². The molecule has 0 aromatic carbocycles.